The molecule has 6 nitrogen and oxygen atoms in total. The normalized spacial score (nSPS) is 10.2. The molecule has 7 heteroatoms. The van der Waals surface area contributed by atoms with Crippen molar-refractivity contribution in [1.82, 2.24) is 0 Å². The van der Waals surface area contributed by atoms with E-state index in [1.165, 1.54) is 13.2 Å². The average Bonchev–Trinajstić information content (AvgIpc) is 2.35. The summed E-state index contributed by atoms with van der Waals surface area (Å²) in [6.45, 7) is 3.27. The largest absolute Gasteiger partial charge is 0.490 e. The number of hydrogen-bond acceptors (Lipinski definition) is 5. The van der Waals surface area contributed by atoms with Crippen molar-refractivity contribution in [1.29, 1.82) is 0 Å². The molecule has 0 aliphatic heterocycles. The highest BCUT2D eigenvalue weighted by Gasteiger charge is 2.18. The van der Waals surface area contributed by atoms with E-state index in [-0.39, 0.29) is 11.4 Å². The average molecular weight is 258 g/mol. The molecule has 0 unspecified atom stereocenters. The number of nitrogens with zero attached hydrogens (tertiary/aromatic N) is 1. The zero-order valence-electron chi connectivity index (χ0n) is 10.2. The van der Waals surface area contributed by atoms with Gasteiger partial charge >= 0.3 is 5.69 Å². The van der Waals surface area contributed by atoms with Gasteiger partial charge in [-0.2, -0.15) is 0 Å². The Bertz CT molecular complexity index is 426. The molecule has 0 aliphatic rings. The third-order valence-electron chi connectivity index (χ3n) is 2.23. The molecule has 1 aromatic rings. The van der Waals surface area contributed by atoms with Gasteiger partial charge in [-0.15, -0.1) is 0 Å². The number of methoxy groups -OCH3 is 1. The van der Waals surface area contributed by atoms with Crippen molar-refractivity contribution in [2.45, 2.75) is 6.92 Å². The summed E-state index contributed by atoms with van der Waals surface area (Å²) in [4.78, 5) is 9.97. The molecule has 0 aromatic heterocycles. The molecule has 0 fully saturated rings. The molecule has 100 valence electrons. The second kappa shape index (κ2) is 6.75. The summed E-state index contributed by atoms with van der Waals surface area (Å²) >= 11 is 0. The quantitative estimate of drug-likeness (QED) is 0.461. The van der Waals surface area contributed by atoms with Gasteiger partial charge in [-0.25, -0.2) is 4.39 Å². The Kier molecular flexibility index (Phi) is 5.31. The molecule has 0 saturated carbocycles. The van der Waals surface area contributed by atoms with Gasteiger partial charge in [0.15, 0.2) is 11.6 Å². The minimum Gasteiger partial charge on any atom is -0.490 e. The molecule has 18 heavy (non-hydrogen) atoms. The highest BCUT2D eigenvalue weighted by atomic mass is 19.1. The first-order valence-electron chi connectivity index (χ1n) is 5.43. The molecule has 0 spiro atoms. The van der Waals surface area contributed by atoms with Gasteiger partial charge in [0.2, 0.25) is 0 Å². The van der Waals surface area contributed by atoms with E-state index in [4.69, 9.17) is 9.47 Å². The first-order valence-corrected chi connectivity index (χ1v) is 5.43. The number of nitro benzene ring substituents is 1. The Balaban J connectivity index is 2.83. The molecule has 1 rings (SSSR count). The first kappa shape index (κ1) is 14.2. The number of hydrogen-bond donors (Lipinski definition) is 1. The van der Waals surface area contributed by atoms with Gasteiger partial charge in [0.05, 0.1) is 30.4 Å². The summed E-state index contributed by atoms with van der Waals surface area (Å²) in [5, 5.41) is 13.4. The molecule has 0 radical (unpaired) electrons. The van der Waals surface area contributed by atoms with Crippen LogP contribution in [0.4, 0.5) is 15.8 Å². The lowest BCUT2D eigenvalue weighted by Crippen LogP contribution is -2.10. The predicted octanol–water partition coefficient (Wildman–Crippen LogP) is 2.19. The third kappa shape index (κ3) is 3.56. The van der Waals surface area contributed by atoms with Gasteiger partial charge in [0, 0.05) is 19.2 Å². The maximum atomic E-state index is 13.6. The number of anilines is 1. The van der Waals surface area contributed by atoms with Crippen LogP contribution < -0.4 is 10.1 Å². The van der Waals surface area contributed by atoms with Gasteiger partial charge in [0.1, 0.15) is 0 Å². The summed E-state index contributed by atoms with van der Waals surface area (Å²) in [6.07, 6.45) is 0. The predicted molar refractivity (Wildman–Crippen MR) is 64.6 cm³/mol. The molecule has 0 heterocycles. The molecule has 0 atom stereocenters. The van der Waals surface area contributed by atoms with E-state index < -0.39 is 16.4 Å². The number of halogens is 1. The van der Waals surface area contributed by atoms with Crippen molar-refractivity contribution in [3.05, 3.63) is 28.1 Å². The summed E-state index contributed by atoms with van der Waals surface area (Å²) in [6, 6.07) is 2.10. The van der Waals surface area contributed by atoms with Crippen molar-refractivity contribution in [3.63, 3.8) is 0 Å². The molecule has 1 aromatic carbocycles. The van der Waals surface area contributed by atoms with E-state index >= 15 is 0 Å². The maximum Gasteiger partial charge on any atom is 0.313 e. The molecular weight excluding hydrogens is 243 g/mol. The van der Waals surface area contributed by atoms with Crippen molar-refractivity contribution in [2.75, 3.05) is 32.2 Å². The van der Waals surface area contributed by atoms with E-state index in [1.807, 2.05) is 6.92 Å². The lowest BCUT2D eigenvalue weighted by Gasteiger charge is -2.09. The standard InChI is InChI=1S/C11H15FN2O4/c1-3-18-5-4-13-9-7-11(17-2)10(14(15)16)6-8(9)12/h6-7,13H,3-5H2,1-2H3. The second-order valence-corrected chi connectivity index (χ2v) is 3.38. The molecule has 0 aliphatic carbocycles. The van der Waals surface area contributed by atoms with E-state index in [2.05, 4.69) is 5.32 Å². The molecule has 1 N–H and O–H groups in total. The Morgan fingerprint density at radius 2 is 2.22 bits per heavy atom. The van der Waals surface area contributed by atoms with E-state index in [9.17, 15) is 14.5 Å². The van der Waals surface area contributed by atoms with Crippen LogP contribution in [0.15, 0.2) is 12.1 Å². The van der Waals surface area contributed by atoms with Crippen LogP contribution in [0.3, 0.4) is 0 Å². The van der Waals surface area contributed by atoms with Gasteiger partial charge in [0.25, 0.3) is 0 Å². The topological polar surface area (TPSA) is 73.6 Å². The van der Waals surface area contributed by atoms with Crippen molar-refractivity contribution < 1.29 is 18.8 Å². The van der Waals surface area contributed by atoms with Crippen LogP contribution >= 0.6 is 0 Å². The molecule has 0 bridgehead atoms. The monoisotopic (exact) mass is 258 g/mol. The Morgan fingerprint density at radius 3 is 2.78 bits per heavy atom. The van der Waals surface area contributed by atoms with Gasteiger partial charge in [-0.1, -0.05) is 0 Å². The Labute approximate surface area is 104 Å². The van der Waals surface area contributed by atoms with Crippen LogP contribution in [-0.2, 0) is 4.74 Å². The van der Waals surface area contributed by atoms with Crippen LogP contribution in [0.5, 0.6) is 5.75 Å². The number of nitro groups is 1. The highest BCUT2D eigenvalue weighted by molar-refractivity contribution is 5.59. The fraction of sp³-hybridized carbons (Fsp3) is 0.455. The maximum absolute atomic E-state index is 13.6. The number of ether oxygens (including phenoxy) is 2. The van der Waals surface area contributed by atoms with Crippen LogP contribution in [-0.4, -0.2) is 31.8 Å². The van der Waals surface area contributed by atoms with Gasteiger partial charge < -0.3 is 14.8 Å². The Morgan fingerprint density at radius 1 is 1.50 bits per heavy atom. The zero-order chi connectivity index (χ0) is 13.5. The highest BCUT2D eigenvalue weighted by Crippen LogP contribution is 2.32. The smallest absolute Gasteiger partial charge is 0.313 e. The number of rotatable bonds is 7. The minimum atomic E-state index is -0.695. The summed E-state index contributed by atoms with van der Waals surface area (Å²) < 4.78 is 23.5. The summed E-state index contributed by atoms with van der Waals surface area (Å²) in [5.41, 5.74) is -0.248. The van der Waals surface area contributed by atoms with Crippen LogP contribution in [0.25, 0.3) is 0 Å². The fourth-order valence-electron chi connectivity index (χ4n) is 1.39. The number of nitrogens with one attached hydrogen (secondary N) is 1. The Hall–Kier alpha value is -1.89. The van der Waals surface area contributed by atoms with Gasteiger partial charge in [-0.3, -0.25) is 10.1 Å². The van der Waals surface area contributed by atoms with Crippen molar-refractivity contribution in [2.24, 2.45) is 0 Å². The third-order valence-corrected chi connectivity index (χ3v) is 2.23. The van der Waals surface area contributed by atoms with E-state index in [0.29, 0.717) is 19.8 Å². The lowest BCUT2D eigenvalue weighted by atomic mass is 10.2. The SMILES string of the molecule is CCOCCNc1cc(OC)c([N+](=O)[O-])cc1F. The van der Waals surface area contributed by atoms with Crippen molar-refractivity contribution >= 4 is 11.4 Å². The second-order valence-electron chi connectivity index (χ2n) is 3.38. The number of benzene rings is 1. The molecule has 0 amide bonds. The zero-order valence-corrected chi connectivity index (χ0v) is 10.2. The van der Waals surface area contributed by atoms with Crippen LogP contribution in [0, 0.1) is 15.9 Å². The van der Waals surface area contributed by atoms with Crippen molar-refractivity contribution in [3.8, 4) is 5.75 Å². The van der Waals surface area contributed by atoms with E-state index in [0.717, 1.165) is 6.07 Å². The first-order chi connectivity index (χ1) is 8.60. The van der Waals surface area contributed by atoms with Crippen LogP contribution in [0.1, 0.15) is 6.92 Å². The molecule has 0 saturated heterocycles. The van der Waals surface area contributed by atoms with Gasteiger partial charge in [-0.05, 0) is 6.92 Å². The summed E-state index contributed by atoms with van der Waals surface area (Å²) in [7, 11) is 1.30. The molecular formula is C11H15FN2O4. The van der Waals surface area contributed by atoms with E-state index in [1.54, 1.807) is 0 Å². The summed E-state index contributed by atoms with van der Waals surface area (Å²) in [5.74, 6) is -0.681. The minimum absolute atomic E-state index is 0.0142. The lowest BCUT2D eigenvalue weighted by molar-refractivity contribution is -0.385. The fourth-order valence-corrected chi connectivity index (χ4v) is 1.39. The van der Waals surface area contributed by atoms with Crippen LogP contribution in [0.2, 0.25) is 0 Å².